The van der Waals surface area contributed by atoms with Crippen LogP contribution in [-0.2, 0) is 16.1 Å². The lowest BCUT2D eigenvalue weighted by Gasteiger charge is -1.93. The van der Waals surface area contributed by atoms with Crippen LogP contribution < -0.4 is 10.6 Å². The van der Waals surface area contributed by atoms with E-state index in [9.17, 15) is 9.59 Å². The first-order chi connectivity index (χ1) is 7.15. The Balaban J connectivity index is 2.01. The van der Waals surface area contributed by atoms with Gasteiger partial charge in [0.05, 0.1) is 6.20 Å². The van der Waals surface area contributed by atoms with Crippen LogP contribution in [0.4, 0.5) is 0 Å². The molecule has 2 N–H and O–H groups in total. The maximum atomic E-state index is 10.8. The third-order valence-corrected chi connectivity index (χ3v) is 1.71. The van der Waals surface area contributed by atoms with Crippen LogP contribution in [0.2, 0.25) is 0 Å². The highest BCUT2D eigenvalue weighted by molar-refractivity contribution is 6.45. The van der Waals surface area contributed by atoms with Crippen molar-refractivity contribution >= 4 is 17.8 Å². The highest BCUT2D eigenvalue weighted by Gasteiger charge is 2.24. The summed E-state index contributed by atoms with van der Waals surface area (Å²) < 4.78 is 5.15. The molecule has 15 heavy (non-hydrogen) atoms. The average Bonchev–Trinajstić information content (AvgIpc) is 2.72. The largest absolute Gasteiger partial charge is 0.444 e. The predicted octanol–water partition coefficient (Wildman–Crippen LogP) is -0.915. The van der Waals surface area contributed by atoms with E-state index in [0.29, 0.717) is 11.7 Å². The monoisotopic (exact) mass is 208 g/mol. The summed E-state index contributed by atoms with van der Waals surface area (Å²) >= 11 is 0. The normalized spacial score (nSPS) is 15.1. The molecule has 2 amide bonds. The van der Waals surface area contributed by atoms with Gasteiger partial charge in [0.25, 0.3) is 0 Å². The van der Waals surface area contributed by atoms with Crippen LogP contribution in [-0.4, -0.2) is 22.8 Å². The molecule has 78 valence electrons. The number of guanidine groups is 1. The molecular formula is C8H8N4O3. The number of nitrogens with one attached hydrogen (secondary N) is 2. The third-order valence-electron chi connectivity index (χ3n) is 1.71. The Bertz CT molecular complexity index is 430. The van der Waals surface area contributed by atoms with Crippen molar-refractivity contribution in [2.45, 2.75) is 13.5 Å². The standard InChI is InChI=1S/C8H8N4O3/c1-4-2-9-5(15-4)3-10-8-11-6(13)7(14)12-8/h2H,3H2,1H3,(H2,10,11,12,13,14). The van der Waals surface area contributed by atoms with Gasteiger partial charge in [0, 0.05) is 0 Å². The van der Waals surface area contributed by atoms with Crippen molar-refractivity contribution in [2.75, 3.05) is 0 Å². The first-order valence-electron chi connectivity index (χ1n) is 4.23. The van der Waals surface area contributed by atoms with Crippen molar-refractivity contribution in [3.63, 3.8) is 0 Å². The number of rotatable bonds is 2. The topological polar surface area (TPSA) is 96.6 Å². The molecule has 0 unspecified atom stereocenters. The Hall–Kier alpha value is -2.18. The molecule has 2 heterocycles. The van der Waals surface area contributed by atoms with E-state index >= 15 is 0 Å². The highest BCUT2D eigenvalue weighted by Crippen LogP contribution is 2.02. The quantitative estimate of drug-likeness (QED) is 0.614. The molecule has 1 fully saturated rings. The zero-order valence-corrected chi connectivity index (χ0v) is 7.90. The second kappa shape index (κ2) is 3.52. The van der Waals surface area contributed by atoms with Gasteiger partial charge in [-0.05, 0) is 6.92 Å². The van der Waals surface area contributed by atoms with Crippen molar-refractivity contribution in [2.24, 2.45) is 4.99 Å². The summed E-state index contributed by atoms with van der Waals surface area (Å²) in [7, 11) is 0. The van der Waals surface area contributed by atoms with E-state index < -0.39 is 11.8 Å². The maximum absolute atomic E-state index is 10.8. The number of amides is 2. The molecule has 1 aliphatic rings. The second-order valence-electron chi connectivity index (χ2n) is 2.94. The van der Waals surface area contributed by atoms with Gasteiger partial charge < -0.3 is 4.42 Å². The van der Waals surface area contributed by atoms with Crippen LogP contribution in [0.3, 0.4) is 0 Å². The summed E-state index contributed by atoms with van der Waals surface area (Å²) in [4.78, 5) is 29.3. The van der Waals surface area contributed by atoms with Gasteiger partial charge >= 0.3 is 11.8 Å². The lowest BCUT2D eigenvalue weighted by molar-refractivity contribution is -0.135. The summed E-state index contributed by atoms with van der Waals surface area (Å²) in [6.07, 6.45) is 1.57. The van der Waals surface area contributed by atoms with Gasteiger partial charge in [0.15, 0.2) is 0 Å². The number of carbonyl (C=O) groups is 2. The van der Waals surface area contributed by atoms with E-state index in [2.05, 4.69) is 20.6 Å². The van der Waals surface area contributed by atoms with Gasteiger partial charge in [0.2, 0.25) is 11.9 Å². The van der Waals surface area contributed by atoms with E-state index in [-0.39, 0.29) is 12.5 Å². The molecule has 1 aromatic heterocycles. The number of hydrogen-bond acceptors (Lipinski definition) is 5. The fourth-order valence-electron chi connectivity index (χ4n) is 1.06. The SMILES string of the molecule is Cc1cnc(CN=C2NC(=O)C(=O)N2)o1. The van der Waals surface area contributed by atoms with Crippen molar-refractivity contribution in [3.8, 4) is 0 Å². The first-order valence-corrected chi connectivity index (χ1v) is 4.23. The molecule has 0 spiro atoms. The summed E-state index contributed by atoms with van der Waals surface area (Å²) in [6, 6.07) is 0. The summed E-state index contributed by atoms with van der Waals surface area (Å²) in [5.41, 5.74) is 0. The minimum atomic E-state index is -0.711. The van der Waals surface area contributed by atoms with Gasteiger partial charge in [-0.15, -0.1) is 0 Å². The Kier molecular flexibility index (Phi) is 2.20. The lowest BCUT2D eigenvalue weighted by atomic mass is 10.6. The number of aromatic nitrogens is 1. The molecule has 1 saturated heterocycles. The number of hydrogen-bond donors (Lipinski definition) is 2. The van der Waals surface area contributed by atoms with Crippen LogP contribution in [0, 0.1) is 6.92 Å². The Morgan fingerprint density at radius 2 is 2.07 bits per heavy atom. The van der Waals surface area contributed by atoms with Crippen LogP contribution in [0.5, 0.6) is 0 Å². The molecule has 0 saturated carbocycles. The van der Waals surface area contributed by atoms with E-state index in [4.69, 9.17) is 4.42 Å². The molecule has 0 aromatic carbocycles. The lowest BCUT2D eigenvalue weighted by Crippen LogP contribution is -2.25. The van der Waals surface area contributed by atoms with Crippen molar-refractivity contribution in [1.29, 1.82) is 0 Å². The molecule has 7 nitrogen and oxygen atoms in total. The summed E-state index contributed by atoms with van der Waals surface area (Å²) in [5.74, 6) is -0.185. The Morgan fingerprint density at radius 1 is 1.40 bits per heavy atom. The maximum Gasteiger partial charge on any atom is 0.316 e. The van der Waals surface area contributed by atoms with Gasteiger partial charge in [-0.25, -0.2) is 9.98 Å². The molecule has 0 aliphatic carbocycles. The molecular weight excluding hydrogens is 200 g/mol. The smallest absolute Gasteiger partial charge is 0.316 e. The fraction of sp³-hybridized carbons (Fsp3) is 0.250. The predicted molar refractivity (Wildman–Crippen MR) is 48.7 cm³/mol. The zero-order valence-electron chi connectivity index (χ0n) is 7.90. The first kappa shape index (κ1) is 9.38. The van der Waals surface area contributed by atoms with Gasteiger partial charge in [-0.2, -0.15) is 0 Å². The van der Waals surface area contributed by atoms with Crippen LogP contribution in [0.1, 0.15) is 11.7 Å². The minimum absolute atomic E-state index is 0.126. The summed E-state index contributed by atoms with van der Waals surface area (Å²) in [6.45, 7) is 1.94. The molecule has 1 aliphatic heterocycles. The van der Waals surface area contributed by atoms with Crippen molar-refractivity contribution in [1.82, 2.24) is 15.6 Å². The van der Waals surface area contributed by atoms with Gasteiger partial charge in [-0.1, -0.05) is 0 Å². The molecule has 2 rings (SSSR count). The van der Waals surface area contributed by atoms with Gasteiger partial charge in [-0.3, -0.25) is 20.2 Å². The Morgan fingerprint density at radius 3 is 2.60 bits per heavy atom. The summed E-state index contributed by atoms with van der Waals surface area (Å²) in [5, 5.41) is 4.52. The highest BCUT2D eigenvalue weighted by atomic mass is 16.4. The number of nitrogens with zero attached hydrogens (tertiary/aromatic N) is 2. The van der Waals surface area contributed by atoms with Gasteiger partial charge in [0.1, 0.15) is 12.3 Å². The number of oxazole rings is 1. The van der Waals surface area contributed by atoms with E-state index in [0.717, 1.165) is 0 Å². The molecule has 0 radical (unpaired) electrons. The van der Waals surface area contributed by atoms with E-state index in [1.165, 1.54) is 0 Å². The van der Waals surface area contributed by atoms with E-state index in [1.54, 1.807) is 13.1 Å². The van der Waals surface area contributed by atoms with Crippen LogP contribution in [0.15, 0.2) is 15.6 Å². The van der Waals surface area contributed by atoms with Crippen LogP contribution >= 0.6 is 0 Å². The average molecular weight is 208 g/mol. The number of carbonyl (C=O) groups excluding carboxylic acids is 2. The van der Waals surface area contributed by atoms with Crippen LogP contribution in [0.25, 0.3) is 0 Å². The Labute approximate surface area is 84.6 Å². The molecule has 1 aromatic rings. The molecule has 7 heteroatoms. The van der Waals surface area contributed by atoms with Crippen molar-refractivity contribution in [3.05, 3.63) is 17.8 Å². The molecule has 0 bridgehead atoms. The third kappa shape index (κ3) is 2.01. The van der Waals surface area contributed by atoms with E-state index in [1.807, 2.05) is 0 Å². The number of aliphatic imine (C=N–C) groups is 1. The minimum Gasteiger partial charge on any atom is -0.444 e. The number of aryl methyl sites for hydroxylation is 1. The fourth-order valence-corrected chi connectivity index (χ4v) is 1.06. The van der Waals surface area contributed by atoms with Crippen molar-refractivity contribution < 1.29 is 14.0 Å². The second-order valence-corrected chi connectivity index (χ2v) is 2.94. The zero-order chi connectivity index (χ0) is 10.8. The molecule has 0 atom stereocenters.